The molecule has 2 amide bonds. The summed E-state index contributed by atoms with van der Waals surface area (Å²) in [5, 5.41) is 6.44. The molecule has 3 rings (SSSR count). The average Bonchev–Trinajstić information content (AvgIpc) is 3.31. The van der Waals surface area contributed by atoms with Crippen molar-refractivity contribution in [1.29, 1.82) is 0 Å². The van der Waals surface area contributed by atoms with E-state index in [1.165, 1.54) is 11.8 Å². The number of aromatic nitrogens is 2. The third-order valence-corrected chi connectivity index (χ3v) is 5.80. The summed E-state index contributed by atoms with van der Waals surface area (Å²) in [4.78, 5) is 29.0. The number of carbonyl (C=O) groups excluding carboxylic acids is 2. The topological polar surface area (TPSA) is 94.5 Å². The first-order chi connectivity index (χ1) is 16.0. The van der Waals surface area contributed by atoms with Crippen LogP contribution in [0.1, 0.15) is 30.1 Å². The third kappa shape index (κ3) is 6.52. The van der Waals surface area contributed by atoms with E-state index in [9.17, 15) is 9.59 Å². The Hall–Kier alpha value is -3.46. The number of methoxy groups -OCH3 is 2. The molecule has 1 aromatic heterocycles. The third-order valence-electron chi connectivity index (χ3n) is 4.83. The van der Waals surface area contributed by atoms with Crippen molar-refractivity contribution < 1.29 is 19.1 Å². The lowest BCUT2D eigenvalue weighted by Crippen LogP contribution is -2.24. The van der Waals surface area contributed by atoms with Crippen LogP contribution in [0.5, 0.6) is 11.5 Å². The van der Waals surface area contributed by atoms with Crippen molar-refractivity contribution >= 4 is 29.3 Å². The summed E-state index contributed by atoms with van der Waals surface area (Å²) in [6.07, 6.45) is 5.50. The van der Waals surface area contributed by atoms with Crippen LogP contribution in [0.25, 0.3) is 5.69 Å². The van der Waals surface area contributed by atoms with E-state index in [1.807, 2.05) is 22.9 Å². The molecule has 0 radical (unpaired) electrons. The van der Waals surface area contributed by atoms with Gasteiger partial charge in [-0.25, -0.2) is 4.98 Å². The molecule has 8 nitrogen and oxygen atoms in total. The fourth-order valence-corrected chi connectivity index (χ4v) is 3.86. The van der Waals surface area contributed by atoms with Crippen LogP contribution in [0.4, 0.5) is 5.69 Å². The van der Waals surface area contributed by atoms with E-state index >= 15 is 0 Å². The van der Waals surface area contributed by atoms with E-state index in [1.54, 1.807) is 50.7 Å². The molecule has 3 aromatic rings. The Bertz CT molecular complexity index is 1080. The zero-order chi connectivity index (χ0) is 23.6. The van der Waals surface area contributed by atoms with E-state index in [4.69, 9.17) is 9.47 Å². The number of rotatable bonds is 11. The monoisotopic (exact) mass is 468 g/mol. The van der Waals surface area contributed by atoms with Gasteiger partial charge in [0.2, 0.25) is 5.91 Å². The van der Waals surface area contributed by atoms with E-state index in [2.05, 4.69) is 22.5 Å². The van der Waals surface area contributed by atoms with Crippen LogP contribution in [0, 0.1) is 0 Å². The lowest BCUT2D eigenvalue weighted by molar-refractivity contribution is -0.113. The predicted molar refractivity (Wildman–Crippen MR) is 130 cm³/mol. The molecule has 0 aliphatic rings. The van der Waals surface area contributed by atoms with Crippen LogP contribution in [-0.4, -0.2) is 47.9 Å². The summed E-state index contributed by atoms with van der Waals surface area (Å²) in [5.74, 6) is 1.07. The van der Waals surface area contributed by atoms with Gasteiger partial charge in [-0.2, -0.15) is 0 Å². The quantitative estimate of drug-likeness (QED) is 0.324. The maximum atomic E-state index is 12.5. The molecular weight excluding hydrogens is 440 g/mol. The lowest BCUT2D eigenvalue weighted by Gasteiger charge is -2.11. The average molecular weight is 469 g/mol. The Kier molecular flexibility index (Phi) is 8.77. The Morgan fingerprint density at radius 3 is 2.52 bits per heavy atom. The Morgan fingerprint density at radius 2 is 1.82 bits per heavy atom. The summed E-state index contributed by atoms with van der Waals surface area (Å²) in [6.45, 7) is 2.76. The Morgan fingerprint density at radius 1 is 1.06 bits per heavy atom. The summed E-state index contributed by atoms with van der Waals surface area (Å²) < 4.78 is 12.4. The summed E-state index contributed by atoms with van der Waals surface area (Å²) in [7, 11) is 3.11. The van der Waals surface area contributed by atoms with Gasteiger partial charge in [0.05, 0.1) is 20.0 Å². The number of nitrogens with zero attached hydrogens (tertiary/aromatic N) is 2. The smallest absolute Gasteiger partial charge is 0.251 e. The minimum atomic E-state index is -0.166. The molecule has 0 fully saturated rings. The SMILES string of the molecule is CCCCNC(=O)c1ccc(-n2ccnc2SCC(=O)Nc2ccc(OC)c(OC)c2)cc1. The first-order valence-electron chi connectivity index (χ1n) is 10.6. The van der Waals surface area contributed by atoms with Gasteiger partial charge in [-0.1, -0.05) is 25.1 Å². The highest BCUT2D eigenvalue weighted by atomic mass is 32.2. The highest BCUT2D eigenvalue weighted by molar-refractivity contribution is 7.99. The largest absolute Gasteiger partial charge is 0.493 e. The highest BCUT2D eigenvalue weighted by Crippen LogP contribution is 2.30. The number of unbranched alkanes of at least 4 members (excludes halogenated alkanes) is 1. The van der Waals surface area contributed by atoms with Crippen molar-refractivity contribution in [2.75, 3.05) is 31.8 Å². The number of nitrogens with one attached hydrogen (secondary N) is 2. The summed E-state index contributed by atoms with van der Waals surface area (Å²) in [6, 6.07) is 12.5. The van der Waals surface area contributed by atoms with Crippen molar-refractivity contribution in [2.45, 2.75) is 24.9 Å². The molecule has 174 valence electrons. The van der Waals surface area contributed by atoms with Crippen LogP contribution in [-0.2, 0) is 4.79 Å². The molecule has 0 spiro atoms. The van der Waals surface area contributed by atoms with Gasteiger partial charge >= 0.3 is 0 Å². The van der Waals surface area contributed by atoms with Crippen LogP contribution < -0.4 is 20.1 Å². The molecule has 0 aliphatic carbocycles. The van der Waals surface area contributed by atoms with Crippen LogP contribution in [0.15, 0.2) is 60.0 Å². The second-order valence-corrected chi connectivity index (χ2v) is 8.09. The van der Waals surface area contributed by atoms with Crippen molar-refractivity contribution in [3.8, 4) is 17.2 Å². The number of thioether (sulfide) groups is 1. The van der Waals surface area contributed by atoms with Crippen LogP contribution in [0.3, 0.4) is 0 Å². The molecule has 0 saturated carbocycles. The molecule has 33 heavy (non-hydrogen) atoms. The van der Waals surface area contributed by atoms with Gasteiger partial charge < -0.3 is 20.1 Å². The second-order valence-electron chi connectivity index (χ2n) is 7.14. The molecule has 0 unspecified atom stereocenters. The summed E-state index contributed by atoms with van der Waals surface area (Å²) in [5.41, 5.74) is 2.09. The number of ether oxygens (including phenoxy) is 2. The zero-order valence-electron chi connectivity index (χ0n) is 19.0. The van der Waals surface area contributed by atoms with E-state index < -0.39 is 0 Å². The molecule has 1 heterocycles. The number of benzene rings is 2. The molecule has 9 heteroatoms. The van der Waals surface area contributed by atoms with Crippen LogP contribution >= 0.6 is 11.8 Å². The first-order valence-corrected chi connectivity index (χ1v) is 11.6. The second kappa shape index (κ2) is 12.0. The van der Waals surface area contributed by atoms with E-state index in [0.29, 0.717) is 34.5 Å². The molecular formula is C24H28N4O4S. The van der Waals surface area contributed by atoms with E-state index in [-0.39, 0.29) is 17.6 Å². The number of hydrogen-bond acceptors (Lipinski definition) is 6. The normalized spacial score (nSPS) is 10.5. The van der Waals surface area contributed by atoms with E-state index in [0.717, 1.165) is 18.5 Å². The number of carbonyl (C=O) groups is 2. The van der Waals surface area contributed by atoms with Gasteiger partial charge in [-0.05, 0) is 42.8 Å². The fraction of sp³-hybridized carbons (Fsp3) is 0.292. The van der Waals surface area contributed by atoms with Crippen molar-refractivity contribution in [2.24, 2.45) is 0 Å². The molecule has 2 aromatic carbocycles. The van der Waals surface area contributed by atoms with Crippen molar-refractivity contribution in [1.82, 2.24) is 14.9 Å². The number of hydrogen-bond donors (Lipinski definition) is 2. The number of anilines is 1. The van der Waals surface area contributed by atoms with Crippen LogP contribution in [0.2, 0.25) is 0 Å². The molecule has 2 N–H and O–H groups in total. The van der Waals surface area contributed by atoms with Crippen molar-refractivity contribution in [3.05, 3.63) is 60.4 Å². The fourth-order valence-electron chi connectivity index (χ4n) is 3.09. The highest BCUT2D eigenvalue weighted by Gasteiger charge is 2.12. The minimum Gasteiger partial charge on any atom is -0.493 e. The molecule has 0 atom stereocenters. The Labute approximate surface area is 197 Å². The first kappa shape index (κ1) is 24.2. The van der Waals surface area contributed by atoms with Gasteiger partial charge in [0, 0.05) is 41.9 Å². The van der Waals surface area contributed by atoms with Gasteiger partial charge in [-0.15, -0.1) is 0 Å². The zero-order valence-corrected chi connectivity index (χ0v) is 19.8. The maximum absolute atomic E-state index is 12.5. The standard InChI is InChI=1S/C24H28N4O4S/c1-4-5-12-25-23(30)17-6-9-19(10-7-17)28-14-13-26-24(28)33-16-22(29)27-18-8-11-20(31-2)21(15-18)32-3/h6-11,13-15H,4-5,12,16H2,1-3H3,(H,25,30)(H,27,29). The van der Waals surface area contributed by atoms with Crippen molar-refractivity contribution in [3.63, 3.8) is 0 Å². The molecule has 0 bridgehead atoms. The van der Waals surface area contributed by atoms with Gasteiger partial charge in [0.1, 0.15) is 0 Å². The predicted octanol–water partition coefficient (Wildman–Crippen LogP) is 4.15. The lowest BCUT2D eigenvalue weighted by atomic mass is 10.2. The molecule has 0 saturated heterocycles. The Balaban J connectivity index is 1.59. The number of imidazole rings is 1. The van der Waals surface area contributed by atoms with Gasteiger partial charge in [-0.3, -0.25) is 14.2 Å². The molecule has 0 aliphatic heterocycles. The van der Waals surface area contributed by atoms with Gasteiger partial charge in [0.25, 0.3) is 5.91 Å². The minimum absolute atomic E-state index is 0.0814. The number of amides is 2. The van der Waals surface area contributed by atoms with Gasteiger partial charge in [0.15, 0.2) is 16.7 Å². The summed E-state index contributed by atoms with van der Waals surface area (Å²) >= 11 is 1.32. The maximum Gasteiger partial charge on any atom is 0.251 e.